The van der Waals surface area contributed by atoms with Crippen molar-refractivity contribution in [2.45, 2.75) is 83.6 Å². The zero-order chi connectivity index (χ0) is 20.5. The maximum Gasteiger partial charge on any atom is 0.248 e. The number of anilines is 1. The molecular formula is C24H33N3O2S. The SMILES string of the molecule is CC1CCc2nc(NC(=O)C3CCCN3C(=O)C34CC5CC(CC(C5)C3)C4)sc2C1. The highest BCUT2D eigenvalue weighted by molar-refractivity contribution is 7.15. The molecule has 162 valence electrons. The normalized spacial score (nSPS) is 39.2. The van der Waals surface area contributed by atoms with Gasteiger partial charge in [-0.05, 0) is 94.3 Å². The Morgan fingerprint density at radius 2 is 1.80 bits per heavy atom. The van der Waals surface area contributed by atoms with Gasteiger partial charge in [-0.1, -0.05) is 6.92 Å². The molecule has 1 N–H and O–H groups in total. The van der Waals surface area contributed by atoms with Gasteiger partial charge in [-0.2, -0.15) is 0 Å². The van der Waals surface area contributed by atoms with Gasteiger partial charge >= 0.3 is 0 Å². The highest BCUT2D eigenvalue weighted by atomic mass is 32.1. The predicted molar refractivity (Wildman–Crippen MR) is 117 cm³/mol. The first-order chi connectivity index (χ1) is 14.5. The topological polar surface area (TPSA) is 62.3 Å². The fourth-order valence-corrected chi connectivity index (χ4v) is 8.92. The Morgan fingerprint density at radius 1 is 1.10 bits per heavy atom. The molecule has 30 heavy (non-hydrogen) atoms. The number of aryl methyl sites for hydroxylation is 1. The van der Waals surface area contributed by atoms with Gasteiger partial charge in [0.15, 0.2) is 5.13 Å². The van der Waals surface area contributed by atoms with Crippen molar-refractivity contribution >= 4 is 28.3 Å². The van der Waals surface area contributed by atoms with Crippen LogP contribution in [0.5, 0.6) is 0 Å². The quantitative estimate of drug-likeness (QED) is 0.777. The molecule has 1 saturated heterocycles. The molecule has 6 heteroatoms. The molecule has 0 spiro atoms. The second kappa shape index (κ2) is 7.04. The summed E-state index contributed by atoms with van der Waals surface area (Å²) in [7, 11) is 0. The molecule has 6 aliphatic rings. The van der Waals surface area contributed by atoms with Gasteiger partial charge in [0.2, 0.25) is 11.8 Å². The van der Waals surface area contributed by atoms with E-state index in [-0.39, 0.29) is 17.4 Å². The number of rotatable bonds is 3. The Morgan fingerprint density at radius 3 is 2.50 bits per heavy atom. The molecule has 5 nitrogen and oxygen atoms in total. The van der Waals surface area contributed by atoms with Crippen LogP contribution >= 0.6 is 11.3 Å². The van der Waals surface area contributed by atoms with E-state index < -0.39 is 0 Å². The zero-order valence-electron chi connectivity index (χ0n) is 18.0. The predicted octanol–water partition coefficient (Wildman–Crippen LogP) is 4.41. The lowest BCUT2D eigenvalue weighted by Crippen LogP contribution is -2.56. The first-order valence-electron chi connectivity index (χ1n) is 12.1. The number of thiazole rings is 1. The van der Waals surface area contributed by atoms with Gasteiger partial charge < -0.3 is 10.2 Å². The number of nitrogens with one attached hydrogen (secondary N) is 1. The van der Waals surface area contributed by atoms with E-state index >= 15 is 0 Å². The number of carbonyl (C=O) groups is 2. The highest BCUT2D eigenvalue weighted by Crippen LogP contribution is 2.60. The molecule has 2 amide bonds. The first-order valence-corrected chi connectivity index (χ1v) is 12.9. The Hall–Kier alpha value is -1.43. The molecule has 1 aromatic rings. The molecule has 1 aromatic heterocycles. The van der Waals surface area contributed by atoms with Crippen molar-refractivity contribution in [3.05, 3.63) is 10.6 Å². The van der Waals surface area contributed by atoms with Crippen LogP contribution in [0.1, 0.15) is 75.3 Å². The zero-order valence-corrected chi connectivity index (χ0v) is 18.8. The van der Waals surface area contributed by atoms with Crippen LogP contribution in [0.15, 0.2) is 0 Å². The number of carbonyl (C=O) groups excluding carboxylic acids is 2. The van der Waals surface area contributed by atoms with Crippen molar-refractivity contribution in [3.8, 4) is 0 Å². The van der Waals surface area contributed by atoms with E-state index in [0.717, 1.165) is 74.4 Å². The maximum atomic E-state index is 13.8. The molecule has 4 bridgehead atoms. The molecule has 4 saturated carbocycles. The van der Waals surface area contributed by atoms with Crippen LogP contribution < -0.4 is 5.32 Å². The second-order valence-electron chi connectivity index (χ2n) is 11.1. The van der Waals surface area contributed by atoms with Crippen LogP contribution in [-0.4, -0.2) is 34.3 Å². The Balaban J connectivity index is 1.18. The summed E-state index contributed by atoms with van der Waals surface area (Å²) >= 11 is 1.64. The number of hydrogen-bond acceptors (Lipinski definition) is 4. The Bertz CT molecular complexity index is 843. The van der Waals surface area contributed by atoms with Gasteiger partial charge in [0.05, 0.1) is 11.1 Å². The molecule has 0 aromatic carbocycles. The minimum absolute atomic E-state index is 0.0234. The third-order valence-corrected chi connectivity index (χ3v) is 9.76. The molecule has 7 rings (SSSR count). The van der Waals surface area contributed by atoms with Crippen LogP contribution in [0.3, 0.4) is 0 Å². The fourth-order valence-electron chi connectivity index (χ4n) is 7.74. The largest absolute Gasteiger partial charge is 0.330 e. The summed E-state index contributed by atoms with van der Waals surface area (Å²) in [6.45, 7) is 3.03. The van der Waals surface area contributed by atoms with Gasteiger partial charge in [0.1, 0.15) is 6.04 Å². The van der Waals surface area contributed by atoms with Gasteiger partial charge in [0, 0.05) is 11.4 Å². The van der Waals surface area contributed by atoms with Crippen molar-refractivity contribution in [3.63, 3.8) is 0 Å². The summed E-state index contributed by atoms with van der Waals surface area (Å²) in [5.74, 6) is 3.22. The summed E-state index contributed by atoms with van der Waals surface area (Å²) in [6, 6.07) is -0.314. The van der Waals surface area contributed by atoms with Crippen LogP contribution in [0, 0.1) is 29.1 Å². The van der Waals surface area contributed by atoms with Gasteiger partial charge in [-0.3, -0.25) is 9.59 Å². The number of fused-ring (bicyclic) bond motifs is 1. The van der Waals surface area contributed by atoms with Gasteiger partial charge in [-0.25, -0.2) is 4.98 Å². The van der Waals surface area contributed by atoms with E-state index in [0.29, 0.717) is 11.8 Å². The Labute approximate surface area is 183 Å². The third kappa shape index (κ3) is 3.12. The number of likely N-dealkylation sites (tertiary alicyclic amines) is 1. The molecule has 0 radical (unpaired) electrons. The standard InChI is InChI=1S/C24H33N3O2S/c1-14-4-5-18-20(7-14)30-23(25-18)26-21(28)19-3-2-6-27(19)22(29)24-11-15-8-16(12-24)10-17(9-15)13-24/h14-17,19H,2-13H2,1H3,(H,25,26,28). The van der Waals surface area contributed by atoms with Crippen LogP contribution in [0.2, 0.25) is 0 Å². The summed E-state index contributed by atoms with van der Waals surface area (Å²) < 4.78 is 0. The maximum absolute atomic E-state index is 13.8. The van der Waals surface area contributed by atoms with E-state index in [2.05, 4.69) is 12.2 Å². The molecule has 2 unspecified atom stereocenters. The average Bonchev–Trinajstić information content (AvgIpc) is 3.32. The second-order valence-corrected chi connectivity index (χ2v) is 12.2. The van der Waals surface area contributed by atoms with Crippen molar-refractivity contribution in [1.29, 1.82) is 0 Å². The number of nitrogens with zero attached hydrogens (tertiary/aromatic N) is 2. The smallest absolute Gasteiger partial charge is 0.248 e. The lowest BCUT2D eigenvalue weighted by Gasteiger charge is -2.56. The van der Waals surface area contributed by atoms with Crippen LogP contribution in [0.25, 0.3) is 0 Å². The van der Waals surface area contributed by atoms with E-state index in [1.807, 2.05) is 4.90 Å². The van der Waals surface area contributed by atoms with Gasteiger partial charge in [-0.15, -0.1) is 11.3 Å². The fraction of sp³-hybridized carbons (Fsp3) is 0.792. The van der Waals surface area contributed by atoms with E-state index in [1.165, 1.54) is 36.3 Å². The van der Waals surface area contributed by atoms with Gasteiger partial charge in [0.25, 0.3) is 0 Å². The van der Waals surface area contributed by atoms with E-state index in [4.69, 9.17) is 4.98 Å². The molecule has 1 aliphatic heterocycles. The Kier molecular flexibility index (Phi) is 4.52. The third-order valence-electron chi connectivity index (χ3n) is 8.72. The number of aromatic nitrogens is 1. The molecule has 5 fully saturated rings. The minimum Gasteiger partial charge on any atom is -0.330 e. The summed E-state index contributed by atoms with van der Waals surface area (Å²) in [5.41, 5.74) is 1.01. The molecule has 2 heterocycles. The van der Waals surface area contributed by atoms with E-state index in [1.54, 1.807) is 11.3 Å². The van der Waals surface area contributed by atoms with E-state index in [9.17, 15) is 9.59 Å². The van der Waals surface area contributed by atoms with Crippen molar-refractivity contribution in [2.75, 3.05) is 11.9 Å². The summed E-state index contributed by atoms with van der Waals surface area (Å²) in [5, 5.41) is 3.82. The summed E-state index contributed by atoms with van der Waals surface area (Å²) in [4.78, 5) is 35.0. The summed E-state index contributed by atoms with van der Waals surface area (Å²) in [6.07, 6.45) is 12.2. The highest BCUT2D eigenvalue weighted by Gasteiger charge is 2.56. The lowest BCUT2D eigenvalue weighted by atomic mass is 9.49. The minimum atomic E-state index is -0.314. The van der Waals surface area contributed by atoms with Crippen LogP contribution in [-0.2, 0) is 22.4 Å². The van der Waals surface area contributed by atoms with Crippen LogP contribution in [0.4, 0.5) is 5.13 Å². The molecular weight excluding hydrogens is 394 g/mol. The lowest BCUT2D eigenvalue weighted by molar-refractivity contribution is -0.160. The number of amides is 2. The van der Waals surface area contributed by atoms with Crippen molar-refractivity contribution in [1.82, 2.24) is 9.88 Å². The number of hydrogen-bond donors (Lipinski definition) is 1. The van der Waals surface area contributed by atoms with Crippen molar-refractivity contribution < 1.29 is 9.59 Å². The molecule has 5 aliphatic carbocycles. The first kappa shape index (κ1) is 19.3. The average molecular weight is 428 g/mol. The van der Waals surface area contributed by atoms with Crippen molar-refractivity contribution in [2.24, 2.45) is 29.1 Å². The molecule has 2 atom stereocenters. The monoisotopic (exact) mass is 427 g/mol.